The lowest BCUT2D eigenvalue weighted by atomic mass is 10.2. The molecule has 0 saturated heterocycles. The average molecular weight is 222 g/mol. The van der Waals surface area contributed by atoms with Crippen molar-refractivity contribution in [1.82, 2.24) is 0 Å². The summed E-state index contributed by atoms with van der Waals surface area (Å²) < 4.78 is 4.90. The Bertz CT molecular complexity index is 358. The molecule has 0 spiro atoms. The lowest BCUT2D eigenvalue weighted by Crippen LogP contribution is -2.00. The minimum Gasteiger partial charge on any atom is -0.463 e. The maximum atomic E-state index is 11.1. The molecule has 0 aromatic heterocycles. The van der Waals surface area contributed by atoms with Gasteiger partial charge in [0.1, 0.15) is 0 Å². The Kier molecular flexibility index (Phi) is 4.98. The molecule has 0 unspecified atom stereocenters. The predicted octanol–water partition coefficient (Wildman–Crippen LogP) is 2.94. The molecule has 1 aromatic carbocycles. The largest absolute Gasteiger partial charge is 0.463 e. The highest BCUT2D eigenvalue weighted by molar-refractivity contribution is 7.80. The van der Waals surface area contributed by atoms with Gasteiger partial charge in [0.2, 0.25) is 0 Å². The van der Waals surface area contributed by atoms with Gasteiger partial charge in [-0.25, -0.2) is 4.79 Å². The van der Waals surface area contributed by atoms with E-state index in [1.165, 1.54) is 6.08 Å². The fourth-order valence-electron chi connectivity index (χ4n) is 1.04. The Morgan fingerprint density at radius 3 is 3.00 bits per heavy atom. The van der Waals surface area contributed by atoms with E-state index in [9.17, 15) is 4.79 Å². The van der Waals surface area contributed by atoms with Crippen LogP contribution in [-0.4, -0.2) is 12.6 Å². The van der Waals surface area contributed by atoms with Gasteiger partial charge in [-0.2, -0.15) is 0 Å². The number of hydrogen-bond acceptors (Lipinski definition) is 3. The molecular formula is C12H14O2S. The van der Waals surface area contributed by atoms with Crippen molar-refractivity contribution < 1.29 is 9.53 Å². The molecule has 2 nitrogen and oxygen atoms in total. The van der Waals surface area contributed by atoms with Crippen LogP contribution in [0.4, 0.5) is 0 Å². The maximum Gasteiger partial charge on any atom is 0.330 e. The van der Waals surface area contributed by atoms with Crippen LogP contribution in [0.25, 0.3) is 6.08 Å². The van der Waals surface area contributed by atoms with Gasteiger partial charge < -0.3 is 4.74 Å². The topological polar surface area (TPSA) is 26.3 Å². The standard InChI is InChI=1S/C12H14O2S/c1-2-8-14-12(13)7-6-10-4-3-5-11(15)9-10/h3-7,9,15H,2,8H2,1H3/b7-6+. The van der Waals surface area contributed by atoms with E-state index in [4.69, 9.17) is 4.74 Å². The van der Waals surface area contributed by atoms with Gasteiger partial charge in [-0.05, 0) is 30.2 Å². The van der Waals surface area contributed by atoms with Crippen molar-refractivity contribution in [2.75, 3.05) is 6.61 Å². The Hall–Kier alpha value is -1.22. The van der Waals surface area contributed by atoms with Crippen molar-refractivity contribution >= 4 is 24.7 Å². The molecule has 0 saturated carbocycles. The lowest BCUT2D eigenvalue weighted by Gasteiger charge is -1.98. The molecular weight excluding hydrogens is 208 g/mol. The van der Waals surface area contributed by atoms with Crippen LogP contribution in [0.1, 0.15) is 18.9 Å². The van der Waals surface area contributed by atoms with Crippen molar-refractivity contribution in [1.29, 1.82) is 0 Å². The van der Waals surface area contributed by atoms with E-state index in [-0.39, 0.29) is 5.97 Å². The fraction of sp³-hybridized carbons (Fsp3) is 0.250. The number of carbonyl (C=O) groups is 1. The summed E-state index contributed by atoms with van der Waals surface area (Å²) in [5.41, 5.74) is 0.941. The molecule has 0 aliphatic heterocycles. The van der Waals surface area contributed by atoms with E-state index >= 15 is 0 Å². The van der Waals surface area contributed by atoms with E-state index in [2.05, 4.69) is 12.6 Å². The van der Waals surface area contributed by atoms with Crippen LogP contribution in [0, 0.1) is 0 Å². The molecule has 0 bridgehead atoms. The minimum absolute atomic E-state index is 0.304. The molecule has 1 aromatic rings. The van der Waals surface area contributed by atoms with Crippen molar-refractivity contribution in [3.63, 3.8) is 0 Å². The van der Waals surface area contributed by atoms with Crippen molar-refractivity contribution in [3.05, 3.63) is 35.9 Å². The number of esters is 1. The van der Waals surface area contributed by atoms with Crippen LogP contribution in [0.2, 0.25) is 0 Å². The third kappa shape index (κ3) is 4.70. The fourth-order valence-corrected chi connectivity index (χ4v) is 1.28. The first-order valence-corrected chi connectivity index (χ1v) is 5.31. The van der Waals surface area contributed by atoms with Crippen LogP contribution in [0.15, 0.2) is 35.2 Å². The molecule has 0 aliphatic carbocycles. The zero-order valence-electron chi connectivity index (χ0n) is 8.64. The molecule has 1 rings (SSSR count). The third-order valence-electron chi connectivity index (χ3n) is 1.73. The zero-order valence-corrected chi connectivity index (χ0v) is 9.54. The van der Waals surface area contributed by atoms with Crippen LogP contribution < -0.4 is 0 Å². The summed E-state index contributed by atoms with van der Waals surface area (Å²) in [7, 11) is 0. The zero-order chi connectivity index (χ0) is 11.1. The summed E-state index contributed by atoms with van der Waals surface area (Å²) in [5, 5.41) is 0. The molecule has 0 fully saturated rings. The highest BCUT2D eigenvalue weighted by Gasteiger charge is 1.95. The van der Waals surface area contributed by atoms with Gasteiger partial charge >= 0.3 is 5.97 Å². The first-order valence-electron chi connectivity index (χ1n) is 4.86. The van der Waals surface area contributed by atoms with E-state index < -0.39 is 0 Å². The van der Waals surface area contributed by atoms with Crippen molar-refractivity contribution in [2.24, 2.45) is 0 Å². The Balaban J connectivity index is 2.53. The van der Waals surface area contributed by atoms with Gasteiger partial charge in [0.05, 0.1) is 6.61 Å². The molecule has 0 heterocycles. The second-order valence-electron chi connectivity index (χ2n) is 3.10. The molecule has 0 N–H and O–H groups in total. The quantitative estimate of drug-likeness (QED) is 0.481. The third-order valence-corrected chi connectivity index (χ3v) is 2.01. The van der Waals surface area contributed by atoms with Crippen LogP contribution in [0.5, 0.6) is 0 Å². The molecule has 3 heteroatoms. The Labute approximate surface area is 95.4 Å². The summed E-state index contributed by atoms with van der Waals surface area (Å²) in [6.45, 7) is 2.43. The summed E-state index contributed by atoms with van der Waals surface area (Å²) in [5.74, 6) is -0.304. The monoisotopic (exact) mass is 222 g/mol. The molecule has 15 heavy (non-hydrogen) atoms. The highest BCUT2D eigenvalue weighted by Crippen LogP contribution is 2.10. The highest BCUT2D eigenvalue weighted by atomic mass is 32.1. The summed E-state index contributed by atoms with van der Waals surface area (Å²) in [4.78, 5) is 12.0. The first kappa shape index (κ1) is 11.9. The van der Waals surface area contributed by atoms with Crippen molar-refractivity contribution in [3.8, 4) is 0 Å². The van der Waals surface area contributed by atoms with Gasteiger partial charge in [0, 0.05) is 11.0 Å². The average Bonchev–Trinajstić information content (AvgIpc) is 2.23. The number of ether oxygens (including phenoxy) is 1. The lowest BCUT2D eigenvalue weighted by molar-refractivity contribution is -0.137. The number of thiol groups is 1. The van der Waals surface area contributed by atoms with Gasteiger partial charge in [0.15, 0.2) is 0 Å². The predicted molar refractivity (Wildman–Crippen MR) is 64.0 cm³/mol. The number of benzene rings is 1. The van der Waals surface area contributed by atoms with Gasteiger partial charge in [-0.15, -0.1) is 12.6 Å². The SMILES string of the molecule is CCCOC(=O)/C=C/c1cccc(S)c1. The second kappa shape index (κ2) is 6.30. The smallest absolute Gasteiger partial charge is 0.330 e. The Morgan fingerprint density at radius 2 is 2.33 bits per heavy atom. The van der Waals surface area contributed by atoms with Gasteiger partial charge in [-0.1, -0.05) is 19.1 Å². The van der Waals surface area contributed by atoms with E-state index in [0.29, 0.717) is 6.61 Å². The number of rotatable bonds is 4. The molecule has 0 atom stereocenters. The van der Waals surface area contributed by atoms with E-state index in [0.717, 1.165) is 16.9 Å². The minimum atomic E-state index is -0.304. The normalized spacial score (nSPS) is 10.5. The second-order valence-corrected chi connectivity index (χ2v) is 3.61. The van der Waals surface area contributed by atoms with Gasteiger partial charge in [-0.3, -0.25) is 0 Å². The van der Waals surface area contributed by atoms with Crippen LogP contribution in [0.3, 0.4) is 0 Å². The summed E-state index contributed by atoms with van der Waals surface area (Å²) in [6.07, 6.45) is 3.99. The summed E-state index contributed by atoms with van der Waals surface area (Å²) >= 11 is 4.21. The Morgan fingerprint density at radius 1 is 1.53 bits per heavy atom. The maximum absolute atomic E-state index is 11.1. The number of hydrogen-bond donors (Lipinski definition) is 1. The molecule has 0 amide bonds. The molecule has 0 radical (unpaired) electrons. The number of carbonyl (C=O) groups excluding carboxylic acids is 1. The van der Waals surface area contributed by atoms with E-state index in [1.807, 2.05) is 31.2 Å². The van der Waals surface area contributed by atoms with Crippen LogP contribution in [-0.2, 0) is 9.53 Å². The summed E-state index contributed by atoms with van der Waals surface area (Å²) in [6, 6.07) is 7.56. The van der Waals surface area contributed by atoms with Crippen molar-refractivity contribution in [2.45, 2.75) is 18.2 Å². The first-order chi connectivity index (χ1) is 7.22. The van der Waals surface area contributed by atoms with E-state index in [1.54, 1.807) is 6.08 Å². The molecule has 80 valence electrons. The molecule has 0 aliphatic rings. The van der Waals surface area contributed by atoms with Crippen LogP contribution >= 0.6 is 12.6 Å². The van der Waals surface area contributed by atoms with Gasteiger partial charge in [0.25, 0.3) is 0 Å².